The van der Waals surface area contributed by atoms with Gasteiger partial charge in [0.25, 0.3) is 0 Å². The zero-order chi connectivity index (χ0) is 13.7. The van der Waals surface area contributed by atoms with E-state index in [4.69, 9.17) is 4.74 Å². The monoisotopic (exact) mass is 251 g/mol. The highest BCUT2D eigenvalue weighted by atomic mass is 16.5. The predicted octanol–water partition coefficient (Wildman–Crippen LogP) is 3.23. The van der Waals surface area contributed by atoms with Crippen LogP contribution in [-0.2, 0) is 0 Å². The summed E-state index contributed by atoms with van der Waals surface area (Å²) in [6.07, 6.45) is -0.530. The molecule has 0 aliphatic rings. The van der Waals surface area contributed by atoms with Gasteiger partial charge in [-0.2, -0.15) is 0 Å². The molecule has 3 heteroatoms. The van der Waals surface area contributed by atoms with Crippen molar-refractivity contribution in [2.24, 2.45) is 5.92 Å². The SMILES string of the molecule is CCN(CC(C)C)c1cccc(OC)c1C(C)O. The van der Waals surface area contributed by atoms with Crippen molar-refractivity contribution in [3.05, 3.63) is 23.8 Å². The van der Waals surface area contributed by atoms with Crippen LogP contribution in [0.3, 0.4) is 0 Å². The van der Waals surface area contributed by atoms with E-state index in [9.17, 15) is 5.11 Å². The molecule has 0 spiro atoms. The van der Waals surface area contributed by atoms with Crippen molar-refractivity contribution in [1.82, 2.24) is 0 Å². The molecule has 3 nitrogen and oxygen atoms in total. The first-order valence-corrected chi connectivity index (χ1v) is 6.61. The largest absolute Gasteiger partial charge is 0.496 e. The summed E-state index contributed by atoms with van der Waals surface area (Å²) in [6, 6.07) is 5.92. The van der Waals surface area contributed by atoms with Crippen LogP contribution in [-0.4, -0.2) is 25.3 Å². The lowest BCUT2D eigenvalue weighted by Crippen LogP contribution is -2.28. The average molecular weight is 251 g/mol. The third kappa shape index (κ3) is 3.39. The van der Waals surface area contributed by atoms with Gasteiger partial charge in [0.2, 0.25) is 0 Å². The lowest BCUT2D eigenvalue weighted by Gasteiger charge is -2.29. The normalized spacial score (nSPS) is 12.6. The van der Waals surface area contributed by atoms with Crippen LogP contribution in [0.25, 0.3) is 0 Å². The first kappa shape index (κ1) is 14.8. The summed E-state index contributed by atoms with van der Waals surface area (Å²) in [5.74, 6) is 1.34. The second-order valence-corrected chi connectivity index (χ2v) is 5.00. The Morgan fingerprint density at radius 3 is 2.39 bits per heavy atom. The maximum atomic E-state index is 9.99. The highest BCUT2D eigenvalue weighted by Crippen LogP contribution is 2.34. The molecule has 18 heavy (non-hydrogen) atoms. The molecule has 0 fully saturated rings. The van der Waals surface area contributed by atoms with Crippen LogP contribution in [0.1, 0.15) is 39.4 Å². The summed E-state index contributed by atoms with van der Waals surface area (Å²) >= 11 is 0. The fourth-order valence-electron chi connectivity index (χ4n) is 2.24. The second kappa shape index (κ2) is 6.64. The van der Waals surface area contributed by atoms with Crippen LogP contribution in [0, 0.1) is 5.92 Å². The number of anilines is 1. The summed E-state index contributed by atoms with van der Waals surface area (Å²) in [5, 5.41) is 9.99. The van der Waals surface area contributed by atoms with E-state index in [1.165, 1.54) is 0 Å². The van der Waals surface area contributed by atoms with E-state index in [0.29, 0.717) is 5.92 Å². The van der Waals surface area contributed by atoms with Crippen molar-refractivity contribution in [1.29, 1.82) is 0 Å². The molecule has 0 heterocycles. The molecule has 0 amide bonds. The zero-order valence-electron chi connectivity index (χ0n) is 12.1. The lowest BCUT2D eigenvalue weighted by molar-refractivity contribution is 0.194. The molecule has 0 aliphatic carbocycles. The van der Waals surface area contributed by atoms with Gasteiger partial charge in [-0.15, -0.1) is 0 Å². The van der Waals surface area contributed by atoms with Crippen molar-refractivity contribution in [2.45, 2.75) is 33.8 Å². The standard InChI is InChI=1S/C15H25NO2/c1-6-16(10-11(2)3)13-8-7-9-14(18-5)15(13)12(4)17/h7-9,11-12,17H,6,10H2,1-5H3. The maximum Gasteiger partial charge on any atom is 0.126 e. The summed E-state index contributed by atoms with van der Waals surface area (Å²) in [5.41, 5.74) is 1.95. The van der Waals surface area contributed by atoms with Crippen LogP contribution in [0.5, 0.6) is 5.75 Å². The van der Waals surface area contributed by atoms with E-state index in [2.05, 4.69) is 31.7 Å². The average Bonchev–Trinajstić information content (AvgIpc) is 2.34. The van der Waals surface area contributed by atoms with Crippen LogP contribution < -0.4 is 9.64 Å². The number of aliphatic hydroxyl groups is 1. The molecule has 0 radical (unpaired) electrons. The minimum absolute atomic E-state index is 0.530. The molecule has 1 rings (SSSR count). The van der Waals surface area contributed by atoms with Crippen molar-refractivity contribution >= 4 is 5.69 Å². The van der Waals surface area contributed by atoms with E-state index in [0.717, 1.165) is 30.1 Å². The van der Waals surface area contributed by atoms with E-state index >= 15 is 0 Å². The fourth-order valence-corrected chi connectivity index (χ4v) is 2.24. The molecule has 1 atom stereocenters. The van der Waals surface area contributed by atoms with E-state index in [1.807, 2.05) is 12.1 Å². The van der Waals surface area contributed by atoms with E-state index < -0.39 is 6.10 Å². The first-order valence-electron chi connectivity index (χ1n) is 6.61. The number of nitrogens with zero attached hydrogens (tertiary/aromatic N) is 1. The summed E-state index contributed by atoms with van der Waals surface area (Å²) < 4.78 is 5.36. The number of aliphatic hydroxyl groups excluding tert-OH is 1. The third-order valence-corrected chi connectivity index (χ3v) is 2.99. The zero-order valence-corrected chi connectivity index (χ0v) is 12.1. The van der Waals surface area contributed by atoms with Gasteiger partial charge >= 0.3 is 0 Å². The molecule has 0 bridgehead atoms. The third-order valence-electron chi connectivity index (χ3n) is 2.99. The first-order chi connectivity index (χ1) is 8.51. The minimum atomic E-state index is -0.530. The lowest BCUT2D eigenvalue weighted by atomic mass is 10.0. The van der Waals surface area contributed by atoms with E-state index in [1.54, 1.807) is 14.0 Å². The smallest absolute Gasteiger partial charge is 0.126 e. The summed E-state index contributed by atoms with van der Waals surface area (Å²) in [7, 11) is 1.64. The molecule has 0 aromatic heterocycles. The van der Waals surface area contributed by atoms with Gasteiger partial charge in [0.15, 0.2) is 0 Å². The molecule has 0 saturated heterocycles. The summed E-state index contributed by atoms with van der Waals surface area (Å²) in [6.45, 7) is 10.2. The fraction of sp³-hybridized carbons (Fsp3) is 0.600. The summed E-state index contributed by atoms with van der Waals surface area (Å²) in [4.78, 5) is 2.29. The molecule has 0 aliphatic heterocycles. The molecule has 1 N–H and O–H groups in total. The highest BCUT2D eigenvalue weighted by Gasteiger charge is 2.18. The quantitative estimate of drug-likeness (QED) is 0.842. The Morgan fingerprint density at radius 2 is 1.94 bits per heavy atom. The highest BCUT2D eigenvalue weighted by molar-refractivity contribution is 5.60. The minimum Gasteiger partial charge on any atom is -0.496 e. The van der Waals surface area contributed by atoms with Crippen LogP contribution in [0.4, 0.5) is 5.69 Å². The number of benzene rings is 1. The van der Waals surface area contributed by atoms with E-state index in [-0.39, 0.29) is 0 Å². The molecule has 1 unspecified atom stereocenters. The van der Waals surface area contributed by atoms with Crippen molar-refractivity contribution < 1.29 is 9.84 Å². The Bertz CT molecular complexity index is 375. The van der Waals surface area contributed by atoms with Gasteiger partial charge in [0.1, 0.15) is 5.75 Å². The Balaban J connectivity index is 3.20. The van der Waals surface area contributed by atoms with Crippen molar-refractivity contribution in [3.8, 4) is 5.75 Å². The molecule has 1 aromatic carbocycles. The Hall–Kier alpha value is -1.22. The van der Waals surface area contributed by atoms with Crippen LogP contribution >= 0.6 is 0 Å². The molecule has 0 saturated carbocycles. The van der Waals surface area contributed by atoms with Gasteiger partial charge < -0.3 is 14.7 Å². The number of ether oxygens (including phenoxy) is 1. The molecule has 102 valence electrons. The van der Waals surface area contributed by atoms with Crippen LogP contribution in [0.15, 0.2) is 18.2 Å². The van der Waals surface area contributed by atoms with Crippen LogP contribution in [0.2, 0.25) is 0 Å². The van der Waals surface area contributed by atoms with Gasteiger partial charge in [0.05, 0.1) is 13.2 Å². The Labute approximate surface area is 110 Å². The number of rotatable bonds is 6. The Kier molecular flexibility index (Phi) is 5.48. The predicted molar refractivity (Wildman–Crippen MR) is 76.4 cm³/mol. The van der Waals surface area contributed by atoms with Crippen molar-refractivity contribution in [2.75, 3.05) is 25.1 Å². The maximum absolute atomic E-state index is 9.99. The number of hydrogen-bond acceptors (Lipinski definition) is 3. The molecular formula is C15H25NO2. The number of methoxy groups -OCH3 is 1. The molecule has 1 aromatic rings. The Morgan fingerprint density at radius 1 is 1.28 bits per heavy atom. The number of hydrogen-bond donors (Lipinski definition) is 1. The van der Waals surface area contributed by atoms with Gasteiger partial charge in [0, 0.05) is 24.3 Å². The van der Waals surface area contributed by atoms with Gasteiger partial charge in [-0.05, 0) is 31.9 Å². The topological polar surface area (TPSA) is 32.7 Å². The van der Waals surface area contributed by atoms with Gasteiger partial charge in [-0.25, -0.2) is 0 Å². The van der Waals surface area contributed by atoms with Gasteiger partial charge in [-0.3, -0.25) is 0 Å². The van der Waals surface area contributed by atoms with Crippen molar-refractivity contribution in [3.63, 3.8) is 0 Å². The van der Waals surface area contributed by atoms with Gasteiger partial charge in [-0.1, -0.05) is 19.9 Å². The second-order valence-electron chi connectivity index (χ2n) is 5.00. The molecular weight excluding hydrogens is 226 g/mol.